The minimum Gasteiger partial charge on any atom is -0.461 e. The molecule has 0 radical (unpaired) electrons. The summed E-state index contributed by atoms with van der Waals surface area (Å²) in [6.07, 6.45) is 4.93. The number of hydrogen-bond acceptors (Lipinski definition) is 5. The highest BCUT2D eigenvalue weighted by atomic mass is 16.3. The summed E-state index contributed by atoms with van der Waals surface area (Å²) in [5, 5.41) is 10.6. The smallest absolute Gasteiger partial charge is 0.255 e. The highest BCUT2D eigenvalue weighted by Gasteiger charge is 2.11. The lowest BCUT2D eigenvalue weighted by Gasteiger charge is -2.05. The molecule has 0 atom stereocenters. The van der Waals surface area contributed by atoms with Gasteiger partial charge in [-0.1, -0.05) is 0 Å². The summed E-state index contributed by atoms with van der Waals surface area (Å²) >= 11 is 0. The van der Waals surface area contributed by atoms with Crippen molar-refractivity contribution in [3.8, 4) is 11.6 Å². The van der Waals surface area contributed by atoms with Crippen molar-refractivity contribution >= 4 is 28.3 Å². The van der Waals surface area contributed by atoms with Crippen molar-refractivity contribution in [1.29, 1.82) is 0 Å². The highest BCUT2D eigenvalue weighted by molar-refractivity contribution is 6.05. The molecule has 2 N–H and O–H groups in total. The fraction of sp³-hybridized carbons (Fsp3) is 0. The summed E-state index contributed by atoms with van der Waals surface area (Å²) < 4.78 is 7.09. The predicted octanol–water partition coefficient (Wildman–Crippen LogP) is 3.12. The van der Waals surface area contributed by atoms with Crippen LogP contribution in [-0.2, 0) is 0 Å². The molecular weight excluding hydrogens is 332 g/mol. The van der Waals surface area contributed by atoms with E-state index in [0.717, 1.165) is 11.0 Å². The Hall–Kier alpha value is -3.94. The van der Waals surface area contributed by atoms with Crippen LogP contribution in [0.3, 0.4) is 0 Å². The van der Waals surface area contributed by atoms with Gasteiger partial charge in [0.15, 0.2) is 17.2 Å². The van der Waals surface area contributed by atoms with Crippen molar-refractivity contribution in [2.24, 2.45) is 0 Å². The molecule has 1 amide bonds. The maximum Gasteiger partial charge on any atom is 0.255 e. The second-order valence-corrected chi connectivity index (χ2v) is 5.76. The SMILES string of the molecule is O=C(Nc1ccc2nc(-c3ccco3)[nH]c2c1)c1ccn2cnnc2c1. The Labute approximate surface area is 146 Å². The quantitative estimate of drug-likeness (QED) is 0.524. The van der Waals surface area contributed by atoms with Crippen LogP contribution in [0.15, 0.2) is 65.7 Å². The summed E-state index contributed by atoms with van der Waals surface area (Å²) in [7, 11) is 0. The molecule has 4 aromatic heterocycles. The first-order chi connectivity index (χ1) is 12.8. The number of fused-ring (bicyclic) bond motifs is 2. The van der Waals surface area contributed by atoms with Crippen LogP contribution in [0.4, 0.5) is 5.69 Å². The molecule has 8 nitrogen and oxygen atoms in total. The number of aromatic nitrogens is 5. The Balaban J connectivity index is 1.44. The zero-order valence-electron chi connectivity index (χ0n) is 13.4. The van der Waals surface area contributed by atoms with Crippen LogP contribution < -0.4 is 5.32 Å². The molecule has 8 heteroatoms. The molecule has 0 saturated carbocycles. The molecule has 5 aromatic rings. The molecule has 1 aromatic carbocycles. The van der Waals surface area contributed by atoms with Crippen LogP contribution in [-0.4, -0.2) is 30.5 Å². The third kappa shape index (κ3) is 2.40. The van der Waals surface area contributed by atoms with Gasteiger partial charge in [0.05, 0.1) is 17.3 Å². The number of nitrogens with zero attached hydrogens (tertiary/aromatic N) is 4. The minimum absolute atomic E-state index is 0.222. The molecule has 0 aliphatic carbocycles. The van der Waals surface area contributed by atoms with Crippen LogP contribution in [0.1, 0.15) is 10.4 Å². The van der Waals surface area contributed by atoms with Crippen molar-refractivity contribution < 1.29 is 9.21 Å². The summed E-state index contributed by atoms with van der Waals surface area (Å²) in [5.41, 5.74) is 3.39. The second-order valence-electron chi connectivity index (χ2n) is 5.76. The first-order valence-electron chi connectivity index (χ1n) is 7.91. The second kappa shape index (κ2) is 5.55. The molecular formula is C18H12N6O2. The monoisotopic (exact) mass is 344 g/mol. The van der Waals surface area contributed by atoms with E-state index >= 15 is 0 Å². The highest BCUT2D eigenvalue weighted by Crippen LogP contribution is 2.23. The predicted molar refractivity (Wildman–Crippen MR) is 94.7 cm³/mol. The van der Waals surface area contributed by atoms with Gasteiger partial charge in [0.1, 0.15) is 6.33 Å². The molecule has 0 bridgehead atoms. The van der Waals surface area contributed by atoms with Gasteiger partial charge in [-0.05, 0) is 42.5 Å². The van der Waals surface area contributed by atoms with Crippen molar-refractivity contribution in [3.63, 3.8) is 0 Å². The summed E-state index contributed by atoms with van der Waals surface area (Å²) in [5.74, 6) is 1.08. The van der Waals surface area contributed by atoms with Crippen molar-refractivity contribution in [3.05, 3.63) is 66.8 Å². The van der Waals surface area contributed by atoms with E-state index in [4.69, 9.17) is 4.42 Å². The Bertz CT molecular complexity index is 1240. The average molecular weight is 344 g/mol. The van der Waals surface area contributed by atoms with Crippen LogP contribution in [0, 0.1) is 0 Å². The van der Waals surface area contributed by atoms with Gasteiger partial charge >= 0.3 is 0 Å². The number of rotatable bonds is 3. The first-order valence-corrected chi connectivity index (χ1v) is 7.91. The number of furan rings is 1. The Morgan fingerprint density at radius 2 is 2.15 bits per heavy atom. The Morgan fingerprint density at radius 1 is 1.19 bits per heavy atom. The van der Waals surface area contributed by atoms with Gasteiger partial charge in [-0.15, -0.1) is 10.2 Å². The van der Waals surface area contributed by atoms with Crippen molar-refractivity contribution in [1.82, 2.24) is 24.6 Å². The van der Waals surface area contributed by atoms with Gasteiger partial charge < -0.3 is 14.7 Å². The number of carbonyl (C=O) groups excluding carboxylic acids is 1. The normalized spacial score (nSPS) is 11.2. The van der Waals surface area contributed by atoms with Crippen LogP contribution >= 0.6 is 0 Å². The molecule has 0 aliphatic rings. The van der Waals surface area contributed by atoms with Crippen molar-refractivity contribution in [2.75, 3.05) is 5.32 Å². The van der Waals surface area contributed by atoms with Crippen molar-refractivity contribution in [2.45, 2.75) is 0 Å². The minimum atomic E-state index is -0.222. The number of amides is 1. The topological polar surface area (TPSA) is 101 Å². The summed E-state index contributed by atoms with van der Waals surface area (Å²) in [6.45, 7) is 0. The molecule has 5 rings (SSSR count). The standard InChI is InChI=1S/C18H12N6O2/c25-18(11-5-6-24-10-19-23-16(24)8-11)20-12-3-4-13-14(9-12)22-17(21-13)15-2-1-7-26-15/h1-10H,(H,20,25)(H,21,22). The summed E-state index contributed by atoms with van der Waals surface area (Å²) in [4.78, 5) is 20.2. The third-order valence-corrected chi connectivity index (χ3v) is 4.06. The van der Waals surface area contributed by atoms with Gasteiger partial charge in [0.25, 0.3) is 5.91 Å². The molecule has 0 fully saturated rings. The number of anilines is 1. The zero-order valence-corrected chi connectivity index (χ0v) is 13.4. The maximum atomic E-state index is 12.5. The number of H-pyrrole nitrogens is 1. The molecule has 126 valence electrons. The van der Waals surface area contributed by atoms with E-state index in [1.165, 1.54) is 0 Å². The first kappa shape index (κ1) is 14.4. The Morgan fingerprint density at radius 3 is 3.04 bits per heavy atom. The lowest BCUT2D eigenvalue weighted by Crippen LogP contribution is -2.12. The van der Waals surface area contributed by atoms with Gasteiger partial charge in [-0.3, -0.25) is 9.20 Å². The molecule has 0 saturated heterocycles. The lowest BCUT2D eigenvalue weighted by atomic mass is 10.2. The maximum absolute atomic E-state index is 12.5. The van der Waals surface area contributed by atoms with E-state index in [-0.39, 0.29) is 5.91 Å². The molecule has 0 spiro atoms. The summed E-state index contributed by atoms with van der Waals surface area (Å²) in [6, 6.07) is 12.5. The number of pyridine rings is 1. The van der Waals surface area contributed by atoms with Gasteiger partial charge in [0, 0.05) is 17.4 Å². The largest absolute Gasteiger partial charge is 0.461 e. The fourth-order valence-corrected chi connectivity index (χ4v) is 2.78. The van der Waals surface area contributed by atoms with E-state index in [2.05, 4.69) is 25.5 Å². The molecule has 26 heavy (non-hydrogen) atoms. The van der Waals surface area contributed by atoms with E-state index < -0.39 is 0 Å². The van der Waals surface area contributed by atoms with Gasteiger partial charge in [-0.2, -0.15) is 0 Å². The molecule has 0 aliphatic heterocycles. The van der Waals surface area contributed by atoms with E-state index in [1.807, 2.05) is 24.3 Å². The van der Waals surface area contributed by atoms with Crippen LogP contribution in [0.25, 0.3) is 28.3 Å². The number of nitrogens with one attached hydrogen (secondary N) is 2. The number of aromatic amines is 1. The van der Waals surface area contributed by atoms with Gasteiger partial charge in [0.2, 0.25) is 0 Å². The third-order valence-electron chi connectivity index (χ3n) is 4.06. The lowest BCUT2D eigenvalue weighted by molar-refractivity contribution is 0.102. The number of benzene rings is 1. The zero-order chi connectivity index (χ0) is 17.5. The van der Waals surface area contributed by atoms with Crippen LogP contribution in [0.5, 0.6) is 0 Å². The van der Waals surface area contributed by atoms with E-state index in [9.17, 15) is 4.79 Å². The Kier molecular flexibility index (Phi) is 3.08. The molecule has 0 unspecified atom stereocenters. The number of hydrogen-bond donors (Lipinski definition) is 2. The average Bonchev–Trinajstić information content (AvgIpc) is 3.39. The van der Waals surface area contributed by atoms with E-state index in [1.54, 1.807) is 41.4 Å². The molecule has 4 heterocycles. The number of imidazole rings is 1. The number of carbonyl (C=O) groups is 1. The van der Waals surface area contributed by atoms with Gasteiger partial charge in [-0.25, -0.2) is 4.98 Å². The fourth-order valence-electron chi connectivity index (χ4n) is 2.78. The van der Waals surface area contributed by atoms with E-state index in [0.29, 0.717) is 28.5 Å². The van der Waals surface area contributed by atoms with Crippen LogP contribution in [0.2, 0.25) is 0 Å².